The molecule has 0 aliphatic heterocycles. The van der Waals surface area contributed by atoms with Crippen molar-refractivity contribution in [3.8, 4) is 0 Å². The Morgan fingerprint density at radius 1 is 0.337 bits per heavy atom. The smallest absolute Gasteiger partial charge is 0.306 e. The lowest BCUT2D eigenvalue weighted by atomic mass is 10.1. The van der Waals surface area contributed by atoms with Crippen molar-refractivity contribution in [2.45, 2.75) is 251 Å². The van der Waals surface area contributed by atoms with E-state index in [4.69, 9.17) is 18.5 Å². The maximum Gasteiger partial charge on any atom is 0.306 e. The van der Waals surface area contributed by atoms with E-state index in [1.165, 1.54) is 38.5 Å². The Morgan fingerprint density at radius 3 is 0.870 bits per heavy atom. The van der Waals surface area contributed by atoms with Crippen LogP contribution in [0.5, 0.6) is 0 Å². The summed E-state index contributed by atoms with van der Waals surface area (Å²) in [5.41, 5.74) is 0. The van der Waals surface area contributed by atoms with Gasteiger partial charge >= 0.3 is 11.9 Å². The number of hydrogen-bond donors (Lipinski definition) is 0. The minimum atomic E-state index is -4.66. The molecule has 2 atom stereocenters. The predicted molar refractivity (Wildman–Crippen MR) is 396 cm³/mol. The first-order valence-electron chi connectivity index (χ1n) is 35.8. The lowest BCUT2D eigenvalue weighted by Crippen LogP contribution is -2.37. The highest BCUT2D eigenvalue weighted by atomic mass is 31.2. The van der Waals surface area contributed by atoms with Gasteiger partial charge in [0.15, 0.2) is 6.10 Å². The van der Waals surface area contributed by atoms with Crippen LogP contribution in [0.4, 0.5) is 0 Å². The molecule has 0 aromatic carbocycles. The minimum Gasteiger partial charge on any atom is -0.756 e. The van der Waals surface area contributed by atoms with Gasteiger partial charge in [-0.15, -0.1) is 0 Å². The molecule has 0 fully saturated rings. The summed E-state index contributed by atoms with van der Waals surface area (Å²) in [5, 5.41) is 0. The molecule has 0 saturated carbocycles. The number of esters is 2. The third-order valence-corrected chi connectivity index (χ3v) is 15.3. The van der Waals surface area contributed by atoms with Crippen molar-refractivity contribution in [2.75, 3.05) is 47.5 Å². The maximum absolute atomic E-state index is 12.9. The van der Waals surface area contributed by atoms with Gasteiger partial charge in [-0.1, -0.05) is 291 Å². The summed E-state index contributed by atoms with van der Waals surface area (Å²) in [6, 6.07) is 0. The van der Waals surface area contributed by atoms with Crippen LogP contribution < -0.4 is 4.89 Å². The summed E-state index contributed by atoms with van der Waals surface area (Å²) < 4.78 is 34.3. The second-order valence-corrected chi connectivity index (χ2v) is 25.5. The normalized spacial score (nSPS) is 14.4. The Hall–Kier alpha value is -5.41. The quantitative estimate of drug-likeness (QED) is 0.0195. The molecule has 2 unspecified atom stereocenters. The first kappa shape index (κ1) is 86.6. The molecular formula is C82H130NO8P. The van der Waals surface area contributed by atoms with Crippen LogP contribution in [-0.2, 0) is 32.7 Å². The lowest BCUT2D eigenvalue weighted by Gasteiger charge is -2.28. The van der Waals surface area contributed by atoms with Crippen molar-refractivity contribution in [1.29, 1.82) is 0 Å². The van der Waals surface area contributed by atoms with E-state index in [1.54, 1.807) is 0 Å². The van der Waals surface area contributed by atoms with Crippen molar-refractivity contribution in [2.24, 2.45) is 0 Å². The molecule has 0 N–H and O–H groups in total. The SMILES string of the molecule is CC/C=C\C/C=C\C/C=C\C/C=C\C/C=C\C/C=C\C/C=C\C/C=C\C/C=C\C/C=C\C/C=C\CCCCCCCCCC(=O)OC(COC(=O)CCCCCCCCCC/C=C\C/C=C\C/C=C\C/C=C\C/C=C\C/C=C\CC)COP(=O)([O-])OCC[N+](C)(C)C. The van der Waals surface area contributed by atoms with Crippen LogP contribution in [0.1, 0.15) is 245 Å². The van der Waals surface area contributed by atoms with Gasteiger partial charge in [-0.25, -0.2) is 0 Å². The van der Waals surface area contributed by atoms with Crippen LogP contribution in [0, 0.1) is 0 Å². The van der Waals surface area contributed by atoms with Crippen LogP contribution in [-0.4, -0.2) is 70.0 Å². The standard InChI is InChI=1S/C82H130NO8P/c1-6-8-10-12-14-16-18-20-22-24-26-28-30-32-34-35-36-37-38-39-40-41-42-43-44-45-46-47-49-51-53-55-57-59-61-63-65-67-69-71-73-75-82(85)91-80(79-90-92(86,87)89-77-76-83(3,4)5)78-88-81(84)74-72-70-68-66-64-62-60-58-56-54-52-50-48-33-31-29-27-25-23-21-19-17-15-13-11-9-7-2/h8-11,14-17,20-23,26-29,32-34,36-37,39-40,42-43,45-46,48-49,51-52,54-55,57,80H,6-7,12-13,18-19,24-25,30-31,35,38,41,44,47,50,53,56,58-79H2,1-5H3/b10-8-,11-9-,16-14-,17-15-,22-20-,23-21-,28-26-,29-27-,34-32-,37-36-,40-39-,43-42-,46-45-,48-33-,51-49-,54-52-,57-55-. The molecule has 0 aliphatic carbocycles. The zero-order valence-electron chi connectivity index (χ0n) is 58.7. The number of carbonyl (C=O) groups excluding carboxylic acids is 2. The highest BCUT2D eigenvalue weighted by Gasteiger charge is 2.22. The molecule has 0 spiro atoms. The van der Waals surface area contributed by atoms with Crippen molar-refractivity contribution in [1.82, 2.24) is 0 Å². The molecule has 0 rings (SSSR count). The van der Waals surface area contributed by atoms with E-state index in [1.807, 2.05) is 21.1 Å². The molecule has 0 radical (unpaired) electrons. The maximum atomic E-state index is 12.9. The molecule has 0 saturated heterocycles. The second kappa shape index (κ2) is 69.9. The molecule has 0 heterocycles. The molecule has 9 nitrogen and oxygen atoms in total. The number of likely N-dealkylation sites (N-methyl/N-ethyl adjacent to an activating group) is 1. The number of quaternary nitrogens is 1. The molecule has 10 heteroatoms. The first-order chi connectivity index (χ1) is 45.0. The molecule has 516 valence electrons. The highest BCUT2D eigenvalue weighted by Crippen LogP contribution is 2.38. The average molecular weight is 1290 g/mol. The zero-order valence-corrected chi connectivity index (χ0v) is 59.5. The number of rotatable bonds is 63. The third-order valence-electron chi connectivity index (χ3n) is 14.3. The van der Waals surface area contributed by atoms with Crippen LogP contribution in [0.25, 0.3) is 0 Å². The summed E-state index contributed by atoms with van der Waals surface area (Å²) in [4.78, 5) is 38.1. The van der Waals surface area contributed by atoms with Crippen LogP contribution in [0.15, 0.2) is 207 Å². The molecule has 0 bridgehead atoms. The number of hydrogen-bond acceptors (Lipinski definition) is 8. The van der Waals surface area contributed by atoms with E-state index in [-0.39, 0.29) is 26.1 Å². The van der Waals surface area contributed by atoms with Gasteiger partial charge in [0.1, 0.15) is 19.8 Å². The molecule has 0 aromatic rings. The van der Waals surface area contributed by atoms with E-state index < -0.39 is 32.5 Å². The summed E-state index contributed by atoms with van der Waals surface area (Å²) >= 11 is 0. The Bertz CT molecular complexity index is 2310. The number of ether oxygens (including phenoxy) is 2. The summed E-state index contributed by atoms with van der Waals surface area (Å²) in [7, 11) is 1.12. The van der Waals surface area contributed by atoms with Gasteiger partial charge in [-0.2, -0.15) is 0 Å². The monoisotopic (exact) mass is 1290 g/mol. The van der Waals surface area contributed by atoms with Gasteiger partial charge in [0.25, 0.3) is 7.82 Å². The zero-order chi connectivity index (χ0) is 66.9. The fourth-order valence-corrected chi connectivity index (χ4v) is 9.63. The van der Waals surface area contributed by atoms with Crippen LogP contribution in [0.3, 0.4) is 0 Å². The van der Waals surface area contributed by atoms with Crippen LogP contribution >= 0.6 is 7.82 Å². The van der Waals surface area contributed by atoms with E-state index in [0.717, 1.165) is 167 Å². The fraction of sp³-hybridized carbons (Fsp3) is 0.561. The number of nitrogens with zero attached hydrogens (tertiary/aromatic N) is 1. The Kier molecular flexibility index (Phi) is 65.8. The van der Waals surface area contributed by atoms with Crippen molar-refractivity contribution in [3.63, 3.8) is 0 Å². The predicted octanol–water partition coefficient (Wildman–Crippen LogP) is 23.2. The third kappa shape index (κ3) is 73.6. The molecule has 92 heavy (non-hydrogen) atoms. The average Bonchev–Trinajstić information content (AvgIpc) is 2.23. The van der Waals surface area contributed by atoms with Gasteiger partial charge in [-0.05, 0) is 148 Å². The van der Waals surface area contributed by atoms with Crippen molar-refractivity contribution < 1.29 is 42.1 Å². The Labute approximate surface area is 564 Å². The molecule has 0 aromatic heterocycles. The van der Waals surface area contributed by atoms with Crippen LogP contribution in [0.2, 0.25) is 0 Å². The first-order valence-corrected chi connectivity index (χ1v) is 37.3. The molecule has 0 amide bonds. The molecule has 0 aliphatic rings. The van der Waals surface area contributed by atoms with Gasteiger partial charge in [0.2, 0.25) is 0 Å². The van der Waals surface area contributed by atoms with Gasteiger partial charge in [0, 0.05) is 12.8 Å². The second-order valence-electron chi connectivity index (χ2n) is 24.1. The highest BCUT2D eigenvalue weighted by molar-refractivity contribution is 7.45. The van der Waals surface area contributed by atoms with Gasteiger partial charge in [0.05, 0.1) is 27.7 Å². The Balaban J connectivity index is 4.17. The topological polar surface area (TPSA) is 111 Å². The van der Waals surface area contributed by atoms with Gasteiger partial charge in [-0.3, -0.25) is 14.2 Å². The largest absolute Gasteiger partial charge is 0.756 e. The van der Waals surface area contributed by atoms with E-state index >= 15 is 0 Å². The summed E-state index contributed by atoms with van der Waals surface area (Å²) in [6.07, 6.45) is 110. The number of phosphoric acid groups is 1. The fourth-order valence-electron chi connectivity index (χ4n) is 8.90. The van der Waals surface area contributed by atoms with E-state index in [0.29, 0.717) is 23.9 Å². The lowest BCUT2D eigenvalue weighted by molar-refractivity contribution is -0.870. The number of unbranched alkanes of at least 4 members (excludes halogenated alkanes) is 15. The van der Waals surface area contributed by atoms with E-state index in [2.05, 4.69) is 220 Å². The van der Waals surface area contributed by atoms with Crippen molar-refractivity contribution in [3.05, 3.63) is 207 Å². The number of phosphoric ester groups is 1. The minimum absolute atomic E-state index is 0.0461. The van der Waals surface area contributed by atoms with E-state index in [9.17, 15) is 19.0 Å². The Morgan fingerprint density at radius 2 is 0.587 bits per heavy atom. The number of carbonyl (C=O) groups is 2. The van der Waals surface area contributed by atoms with Crippen molar-refractivity contribution >= 4 is 19.8 Å². The van der Waals surface area contributed by atoms with Gasteiger partial charge < -0.3 is 27.9 Å². The number of allylic oxidation sites excluding steroid dienone is 34. The summed E-state index contributed by atoms with van der Waals surface area (Å²) in [6.45, 7) is 3.96. The summed E-state index contributed by atoms with van der Waals surface area (Å²) in [5.74, 6) is -0.870. The molecular weight excluding hydrogens is 1160 g/mol.